The van der Waals surface area contributed by atoms with Crippen LogP contribution in [0.1, 0.15) is 254 Å². The zero-order valence-electron chi connectivity index (χ0n) is 46.4. The third-order valence-electron chi connectivity index (χ3n) is 15.6. The van der Waals surface area contributed by atoms with Crippen LogP contribution in [0.3, 0.4) is 0 Å². The number of hydrogen-bond acceptors (Lipinski definition) is 5. The molecule has 2 unspecified atom stereocenters. The van der Waals surface area contributed by atoms with Gasteiger partial charge in [0.25, 0.3) is 0 Å². The van der Waals surface area contributed by atoms with Gasteiger partial charge in [0.2, 0.25) is 0 Å². The maximum atomic E-state index is 17.4. The van der Waals surface area contributed by atoms with Crippen LogP contribution in [0, 0.1) is 37.3 Å². The van der Waals surface area contributed by atoms with E-state index in [9.17, 15) is 0 Å². The maximum absolute atomic E-state index is 17.4. The van der Waals surface area contributed by atoms with Crippen molar-refractivity contribution < 1.29 is 8.78 Å². The van der Waals surface area contributed by atoms with Crippen LogP contribution >= 0.6 is 34.4 Å². The van der Waals surface area contributed by atoms with E-state index >= 15 is 8.78 Å². The van der Waals surface area contributed by atoms with Crippen molar-refractivity contribution in [3.05, 3.63) is 68.5 Å². The molecule has 0 bridgehead atoms. The molecule has 0 saturated heterocycles. The first kappa shape index (κ1) is 60.5. The van der Waals surface area contributed by atoms with Gasteiger partial charge in [-0.3, -0.25) is 0 Å². The van der Waals surface area contributed by atoms with Gasteiger partial charge in [-0.05, 0) is 0 Å². The second kappa shape index (κ2) is 34.2. The Morgan fingerprint density at radius 2 is 0.808 bits per heavy atom. The number of unbranched alkanes of at least 4 members (excludes halogenated alkanes) is 24. The summed E-state index contributed by atoms with van der Waals surface area (Å²) in [6, 6.07) is 13.6. The summed E-state index contributed by atoms with van der Waals surface area (Å²) < 4.78 is 48.9. The Morgan fingerprint density at radius 3 is 1.25 bits per heavy atom. The van der Waals surface area contributed by atoms with Crippen LogP contribution < -0.4 is 0 Å². The van der Waals surface area contributed by atoms with E-state index in [1.165, 1.54) is 245 Å². The predicted octanol–water partition coefficient (Wildman–Crippen LogP) is 22.4. The van der Waals surface area contributed by atoms with E-state index in [0.29, 0.717) is 34.0 Å². The van der Waals surface area contributed by atoms with Gasteiger partial charge in [0.1, 0.15) is 0 Å². The van der Waals surface area contributed by atoms with Crippen molar-refractivity contribution in [2.45, 2.75) is 260 Å². The van der Waals surface area contributed by atoms with Crippen LogP contribution in [-0.2, 0) is 12.8 Å². The SMILES string of the molecule is CCCCCCCCCCC(CCCCCCCC)Cc1cc(-c2c(F)c(F)c(-c3cc(CC(CCCCCCCC)CCCCCCCCCC)c(-c4ccc(-c5ccc(C)s5)s4)[se]3)c3nsnc23)[se]c1C. The zero-order valence-corrected chi connectivity index (χ0v) is 52.2. The monoisotopic (exact) mass is 1180 g/mol. The molecule has 6 aromatic rings. The van der Waals surface area contributed by atoms with E-state index in [1.807, 2.05) is 22.7 Å². The molecule has 0 N–H and O–H groups in total. The van der Waals surface area contributed by atoms with Crippen LogP contribution in [-0.4, -0.2) is 37.8 Å². The van der Waals surface area contributed by atoms with Crippen molar-refractivity contribution in [1.82, 2.24) is 8.75 Å². The molecule has 73 heavy (non-hydrogen) atoms. The summed E-state index contributed by atoms with van der Waals surface area (Å²) >= 11 is 4.54. The van der Waals surface area contributed by atoms with E-state index in [4.69, 9.17) is 8.75 Å². The Kier molecular flexibility index (Phi) is 28.4. The molecule has 0 aliphatic carbocycles. The number of nitrogens with zero attached hydrogens (tertiary/aromatic N) is 2. The Labute approximate surface area is 467 Å². The topological polar surface area (TPSA) is 25.8 Å². The van der Waals surface area contributed by atoms with Crippen molar-refractivity contribution in [2.24, 2.45) is 11.8 Å². The number of rotatable bonds is 40. The van der Waals surface area contributed by atoms with Crippen LogP contribution in [0.15, 0.2) is 36.4 Å². The molecule has 0 fully saturated rings. The van der Waals surface area contributed by atoms with E-state index in [1.54, 1.807) is 0 Å². The summed E-state index contributed by atoms with van der Waals surface area (Å²) in [5, 5.41) is 0. The molecule has 2 atom stereocenters. The fraction of sp³-hybridized carbons (Fsp3) is 0.656. The molecular weight excluding hydrogens is 1090 g/mol. The average Bonchev–Trinajstić information content (AvgIpc) is 4.26. The molecule has 404 valence electrons. The fourth-order valence-electron chi connectivity index (χ4n) is 11.2. The number of halogens is 2. The van der Waals surface area contributed by atoms with Crippen molar-refractivity contribution in [3.8, 4) is 39.1 Å². The van der Waals surface area contributed by atoms with Gasteiger partial charge in [-0.15, -0.1) is 0 Å². The number of hydrogen-bond donors (Lipinski definition) is 0. The molecule has 0 spiro atoms. The fourth-order valence-corrected chi connectivity index (χ4v) is 18.9. The molecule has 0 saturated carbocycles. The molecule has 5 aromatic heterocycles. The van der Waals surface area contributed by atoms with Gasteiger partial charge in [-0.2, -0.15) is 0 Å². The Bertz CT molecular complexity index is 2440. The normalized spacial score (nSPS) is 12.8. The first-order chi connectivity index (χ1) is 35.8. The summed E-state index contributed by atoms with van der Waals surface area (Å²) in [7, 11) is 0. The van der Waals surface area contributed by atoms with Gasteiger partial charge in [-0.25, -0.2) is 0 Å². The molecule has 6 rings (SSSR count). The predicted molar refractivity (Wildman–Crippen MR) is 323 cm³/mol. The Morgan fingerprint density at radius 1 is 0.438 bits per heavy atom. The third kappa shape index (κ3) is 19.3. The van der Waals surface area contributed by atoms with E-state index in [0.717, 1.165) is 33.4 Å². The minimum absolute atomic E-state index is 0.0830. The van der Waals surface area contributed by atoms with Gasteiger partial charge >= 0.3 is 445 Å². The standard InChI is InChI=1S/C64H94F2N2S3Se2/c1-7-11-15-19-23-25-29-33-36-49(35-31-27-21-17-13-9-3)43-51-45-56(72-48(51)6)58-60(65)61(66)59(63-62(58)67-71-68-63)57-46-52(64(73-57)55-42-41-54(70-55)53-40-39-47(5)69-53)44-50(37-32-28-22-18-14-10-4)38-34-30-26-24-20-16-12-8-2/h39-42,45-46,49-50H,7-38,43-44H2,1-6H3. The van der Waals surface area contributed by atoms with Crippen molar-refractivity contribution in [2.75, 3.05) is 0 Å². The molecule has 0 aliphatic rings. The van der Waals surface area contributed by atoms with E-state index in [-0.39, 0.29) is 29.0 Å². The molecule has 2 nitrogen and oxygen atoms in total. The van der Waals surface area contributed by atoms with Crippen LogP contribution in [0.5, 0.6) is 0 Å². The summed E-state index contributed by atoms with van der Waals surface area (Å²) in [5.41, 5.74) is 4.54. The van der Waals surface area contributed by atoms with Gasteiger partial charge in [0.15, 0.2) is 0 Å². The van der Waals surface area contributed by atoms with Crippen molar-refractivity contribution in [3.63, 3.8) is 0 Å². The summed E-state index contributed by atoms with van der Waals surface area (Å²) in [5.74, 6) is -0.238. The van der Waals surface area contributed by atoms with Crippen molar-refractivity contribution >= 4 is 74.4 Å². The Balaban J connectivity index is 1.28. The zero-order chi connectivity index (χ0) is 51.6. The van der Waals surface area contributed by atoms with Crippen LogP contribution in [0.2, 0.25) is 0 Å². The number of thiophene rings is 2. The summed E-state index contributed by atoms with van der Waals surface area (Å²) in [4.78, 5) is 5.19. The molecule has 0 amide bonds. The van der Waals surface area contributed by atoms with Crippen molar-refractivity contribution in [1.29, 1.82) is 0 Å². The van der Waals surface area contributed by atoms with Gasteiger partial charge in [-0.1, -0.05) is 26.7 Å². The van der Waals surface area contributed by atoms with E-state index < -0.39 is 11.6 Å². The molecule has 0 radical (unpaired) electrons. The number of aryl methyl sites for hydroxylation is 2. The number of fused-ring (bicyclic) bond motifs is 1. The first-order valence-electron chi connectivity index (χ1n) is 29.8. The second-order valence-corrected chi connectivity index (χ2v) is 29.6. The van der Waals surface area contributed by atoms with Crippen LogP contribution in [0.25, 0.3) is 50.1 Å². The third-order valence-corrected chi connectivity index (χ3v) is 23.6. The van der Waals surface area contributed by atoms with Gasteiger partial charge in [0.05, 0.1) is 0 Å². The van der Waals surface area contributed by atoms with E-state index in [2.05, 4.69) is 77.9 Å². The average molecular weight is 1180 g/mol. The number of benzene rings is 1. The molecule has 1 aromatic carbocycles. The molecule has 5 heterocycles. The quantitative estimate of drug-likeness (QED) is 0.0283. The molecular formula is C64H94F2N2S3Se2. The number of aromatic nitrogens is 2. The molecule has 9 heteroatoms. The Hall–Kier alpha value is -1.70. The molecule has 0 aliphatic heterocycles. The van der Waals surface area contributed by atoms with Gasteiger partial charge in [0, 0.05) is 0 Å². The second-order valence-electron chi connectivity index (χ2n) is 21.9. The van der Waals surface area contributed by atoms with Gasteiger partial charge < -0.3 is 0 Å². The minimum atomic E-state index is -0.731. The summed E-state index contributed by atoms with van der Waals surface area (Å²) in [6.45, 7) is 13.6. The van der Waals surface area contributed by atoms with Crippen LogP contribution in [0.4, 0.5) is 8.78 Å². The first-order valence-corrected chi connectivity index (χ1v) is 35.6. The summed E-state index contributed by atoms with van der Waals surface area (Å²) in [6.07, 6.45) is 44.2.